The molecule has 2 atom stereocenters. The largest absolute Gasteiger partial charge is 0.334 e. The monoisotopic (exact) mass is 405 g/mol. The Balaban J connectivity index is 1.53. The lowest BCUT2D eigenvalue weighted by Crippen LogP contribution is -2.47. The minimum Gasteiger partial charge on any atom is -0.334 e. The molecule has 2 unspecified atom stereocenters. The normalized spacial score (nSPS) is 22.0. The number of nitrogens with zero attached hydrogens (tertiary/aromatic N) is 2. The second kappa shape index (κ2) is 7.94. The van der Waals surface area contributed by atoms with Gasteiger partial charge in [0.25, 0.3) is 5.91 Å². The van der Waals surface area contributed by atoms with Gasteiger partial charge in [0.15, 0.2) is 0 Å². The lowest BCUT2D eigenvalue weighted by Gasteiger charge is -2.31. The molecule has 0 radical (unpaired) electrons. The van der Waals surface area contributed by atoms with Crippen molar-refractivity contribution in [3.8, 4) is 0 Å². The van der Waals surface area contributed by atoms with Crippen molar-refractivity contribution in [2.24, 2.45) is 5.92 Å². The zero-order valence-corrected chi connectivity index (χ0v) is 17.4. The number of hydrogen-bond acceptors (Lipinski definition) is 3. The third kappa shape index (κ3) is 3.82. The van der Waals surface area contributed by atoms with Crippen LogP contribution in [0.1, 0.15) is 37.8 Å². The number of benzene rings is 2. The number of nitrogens with one attached hydrogen (secondary N) is 1. The Morgan fingerprint density at radius 3 is 2.30 bits per heavy atom. The fraction of sp³-hybridized carbons (Fsp3) is 0.375. The van der Waals surface area contributed by atoms with Crippen LogP contribution in [0.25, 0.3) is 0 Å². The third-order valence-electron chi connectivity index (χ3n) is 6.23. The molecule has 1 N–H and O–H groups in total. The van der Waals surface area contributed by atoms with Gasteiger partial charge in [0.2, 0.25) is 5.91 Å². The van der Waals surface area contributed by atoms with Gasteiger partial charge in [-0.15, -0.1) is 0 Å². The number of imide groups is 1. The van der Waals surface area contributed by atoms with E-state index in [-0.39, 0.29) is 18.5 Å². The van der Waals surface area contributed by atoms with Gasteiger partial charge in [0.05, 0.1) is 0 Å². The minimum atomic E-state index is -1.16. The Hall–Kier alpha value is -3.15. The number of hydrogen-bond donors (Lipinski definition) is 1. The van der Waals surface area contributed by atoms with Crippen molar-refractivity contribution in [2.75, 3.05) is 6.54 Å². The standard InChI is InChI=1S/C24H27N3O3/c1-17(19-13-14-19)26(15-18-9-5-3-6-10-18)21(28)16-27-22(29)24(2,25-23(27)30)20-11-7-4-8-12-20/h3-12,17,19H,13-16H2,1-2H3,(H,25,30). The molecule has 2 fully saturated rings. The first-order valence-corrected chi connectivity index (χ1v) is 10.4. The van der Waals surface area contributed by atoms with Gasteiger partial charge in [-0.1, -0.05) is 60.7 Å². The van der Waals surface area contributed by atoms with E-state index in [1.807, 2.05) is 53.4 Å². The number of urea groups is 1. The van der Waals surface area contributed by atoms with Gasteiger partial charge in [-0.25, -0.2) is 4.79 Å². The molecule has 1 aliphatic heterocycles. The highest BCUT2D eigenvalue weighted by Crippen LogP contribution is 2.36. The van der Waals surface area contributed by atoms with Crippen molar-refractivity contribution in [1.29, 1.82) is 0 Å². The maximum atomic E-state index is 13.3. The second-order valence-electron chi connectivity index (χ2n) is 8.40. The average Bonchev–Trinajstić information content (AvgIpc) is 3.58. The Morgan fingerprint density at radius 2 is 1.70 bits per heavy atom. The smallest absolute Gasteiger partial charge is 0.325 e. The van der Waals surface area contributed by atoms with E-state index < -0.39 is 17.5 Å². The molecule has 156 valence electrons. The van der Waals surface area contributed by atoms with E-state index in [4.69, 9.17) is 0 Å². The van der Waals surface area contributed by atoms with Gasteiger partial charge in [0, 0.05) is 12.6 Å². The second-order valence-corrected chi connectivity index (χ2v) is 8.40. The summed E-state index contributed by atoms with van der Waals surface area (Å²) in [4.78, 5) is 41.9. The quantitative estimate of drug-likeness (QED) is 0.719. The molecule has 1 heterocycles. The highest BCUT2D eigenvalue weighted by Gasteiger charge is 2.50. The van der Waals surface area contributed by atoms with Crippen LogP contribution in [0, 0.1) is 5.92 Å². The van der Waals surface area contributed by atoms with Gasteiger partial charge >= 0.3 is 6.03 Å². The summed E-state index contributed by atoms with van der Waals surface area (Å²) in [5, 5.41) is 2.77. The van der Waals surface area contributed by atoms with E-state index >= 15 is 0 Å². The van der Waals surface area contributed by atoms with E-state index in [1.54, 1.807) is 19.1 Å². The Kier molecular flexibility index (Phi) is 5.33. The van der Waals surface area contributed by atoms with Crippen LogP contribution < -0.4 is 5.32 Å². The van der Waals surface area contributed by atoms with Crippen LogP contribution in [0.3, 0.4) is 0 Å². The minimum absolute atomic E-state index is 0.0685. The summed E-state index contributed by atoms with van der Waals surface area (Å²) >= 11 is 0. The molecule has 0 bridgehead atoms. The van der Waals surface area contributed by atoms with Crippen LogP contribution in [-0.4, -0.2) is 40.2 Å². The highest BCUT2D eigenvalue weighted by atomic mass is 16.2. The number of rotatable bonds is 7. The summed E-state index contributed by atoms with van der Waals surface area (Å²) in [6, 6.07) is 18.5. The SMILES string of the molecule is CC(C1CC1)N(Cc1ccccc1)C(=O)CN1C(=O)NC(C)(c2ccccc2)C1=O. The van der Waals surface area contributed by atoms with Crippen molar-refractivity contribution >= 4 is 17.8 Å². The summed E-state index contributed by atoms with van der Waals surface area (Å²) in [6.07, 6.45) is 2.21. The lowest BCUT2D eigenvalue weighted by atomic mass is 9.92. The lowest BCUT2D eigenvalue weighted by molar-refractivity contribution is -0.140. The van der Waals surface area contributed by atoms with Crippen LogP contribution in [0.2, 0.25) is 0 Å². The van der Waals surface area contributed by atoms with Crippen molar-refractivity contribution in [3.05, 3.63) is 71.8 Å². The van der Waals surface area contributed by atoms with E-state index in [1.165, 1.54) is 0 Å². The van der Waals surface area contributed by atoms with Crippen LogP contribution >= 0.6 is 0 Å². The Labute approximate surface area is 176 Å². The number of carbonyl (C=O) groups excluding carboxylic acids is 3. The molecule has 1 saturated heterocycles. The van der Waals surface area contributed by atoms with Gasteiger partial charge in [-0.3, -0.25) is 14.5 Å². The molecule has 1 saturated carbocycles. The molecular formula is C24H27N3O3. The van der Waals surface area contributed by atoms with Crippen LogP contribution in [0.15, 0.2) is 60.7 Å². The molecule has 6 heteroatoms. The average molecular weight is 405 g/mol. The summed E-state index contributed by atoms with van der Waals surface area (Å²) in [5.74, 6) is -0.125. The molecular weight excluding hydrogens is 378 g/mol. The first-order valence-electron chi connectivity index (χ1n) is 10.4. The maximum Gasteiger partial charge on any atom is 0.325 e. The van der Waals surface area contributed by atoms with Crippen molar-refractivity contribution in [2.45, 2.75) is 44.8 Å². The molecule has 0 spiro atoms. The number of amides is 4. The summed E-state index contributed by atoms with van der Waals surface area (Å²) in [6.45, 7) is 3.95. The van der Waals surface area contributed by atoms with E-state index in [2.05, 4.69) is 12.2 Å². The van der Waals surface area contributed by atoms with Crippen molar-refractivity contribution < 1.29 is 14.4 Å². The topological polar surface area (TPSA) is 69.7 Å². The Bertz CT molecular complexity index is 943. The van der Waals surface area contributed by atoms with Crippen LogP contribution in [0.5, 0.6) is 0 Å². The predicted octanol–water partition coefficient (Wildman–Crippen LogP) is 3.28. The van der Waals surface area contributed by atoms with Gasteiger partial charge in [-0.05, 0) is 43.7 Å². The molecule has 2 aromatic carbocycles. The molecule has 0 aromatic heterocycles. The van der Waals surface area contributed by atoms with Crippen LogP contribution in [0.4, 0.5) is 4.79 Å². The molecule has 1 aliphatic carbocycles. The van der Waals surface area contributed by atoms with E-state index in [0.717, 1.165) is 23.3 Å². The molecule has 2 aliphatic rings. The zero-order chi connectivity index (χ0) is 21.3. The summed E-state index contributed by atoms with van der Waals surface area (Å²) in [7, 11) is 0. The van der Waals surface area contributed by atoms with Crippen LogP contribution in [-0.2, 0) is 21.7 Å². The summed E-state index contributed by atoms with van der Waals surface area (Å²) < 4.78 is 0. The fourth-order valence-electron chi connectivity index (χ4n) is 4.11. The molecule has 6 nitrogen and oxygen atoms in total. The third-order valence-corrected chi connectivity index (χ3v) is 6.23. The van der Waals surface area contributed by atoms with Gasteiger partial charge in [0.1, 0.15) is 12.1 Å². The predicted molar refractivity (Wildman–Crippen MR) is 113 cm³/mol. The highest BCUT2D eigenvalue weighted by molar-refractivity contribution is 6.09. The Morgan fingerprint density at radius 1 is 1.10 bits per heavy atom. The van der Waals surface area contributed by atoms with E-state index in [0.29, 0.717) is 18.0 Å². The molecule has 30 heavy (non-hydrogen) atoms. The van der Waals surface area contributed by atoms with Crippen molar-refractivity contribution in [3.63, 3.8) is 0 Å². The fourth-order valence-corrected chi connectivity index (χ4v) is 4.11. The van der Waals surface area contributed by atoms with E-state index in [9.17, 15) is 14.4 Å². The van der Waals surface area contributed by atoms with Crippen molar-refractivity contribution in [1.82, 2.24) is 15.1 Å². The first kappa shape index (κ1) is 20.1. The molecule has 4 rings (SSSR count). The first-order chi connectivity index (χ1) is 14.4. The number of carbonyl (C=O) groups is 3. The van der Waals surface area contributed by atoms with Gasteiger partial charge in [-0.2, -0.15) is 0 Å². The maximum absolute atomic E-state index is 13.3. The zero-order valence-electron chi connectivity index (χ0n) is 17.4. The van der Waals surface area contributed by atoms with Gasteiger partial charge < -0.3 is 10.2 Å². The summed E-state index contributed by atoms with van der Waals surface area (Å²) in [5.41, 5.74) is 0.570. The molecule has 2 aromatic rings. The molecule has 4 amide bonds.